The normalized spacial score (nSPS) is 16.8. The van der Waals surface area contributed by atoms with Gasteiger partial charge in [0.1, 0.15) is 19.1 Å². The number of carbonyl (C=O) groups is 2. The molecule has 7 heteroatoms. The Morgan fingerprint density at radius 2 is 1.86 bits per heavy atom. The molecule has 1 aliphatic rings. The van der Waals surface area contributed by atoms with Crippen LogP contribution in [0.2, 0.25) is 0 Å². The van der Waals surface area contributed by atoms with E-state index in [9.17, 15) is 9.59 Å². The summed E-state index contributed by atoms with van der Waals surface area (Å²) < 4.78 is 11.0. The number of hydrogen-bond acceptors (Lipinski definition) is 5. The van der Waals surface area contributed by atoms with Gasteiger partial charge in [0.15, 0.2) is 0 Å². The molecule has 0 saturated carbocycles. The molecular formula is C21H24N2O5. The SMILES string of the molecule is O=C1NC(=O)N(COCCO)CC1Cc1cccc(OCc2ccccc2)c1. The number of nitrogens with one attached hydrogen (secondary N) is 1. The molecule has 1 heterocycles. The van der Waals surface area contributed by atoms with Crippen molar-refractivity contribution in [1.82, 2.24) is 10.2 Å². The number of carbonyl (C=O) groups excluding carboxylic acids is 2. The molecule has 1 atom stereocenters. The maximum Gasteiger partial charge on any atom is 0.325 e. The van der Waals surface area contributed by atoms with E-state index in [4.69, 9.17) is 14.6 Å². The molecule has 0 spiro atoms. The van der Waals surface area contributed by atoms with Gasteiger partial charge in [-0.15, -0.1) is 0 Å². The van der Waals surface area contributed by atoms with Crippen molar-refractivity contribution in [3.05, 3.63) is 65.7 Å². The lowest BCUT2D eigenvalue weighted by atomic mass is 9.96. The number of aliphatic hydroxyl groups excluding tert-OH is 1. The van der Waals surface area contributed by atoms with Crippen LogP contribution in [0.15, 0.2) is 54.6 Å². The van der Waals surface area contributed by atoms with Crippen molar-refractivity contribution in [2.24, 2.45) is 5.92 Å². The van der Waals surface area contributed by atoms with Gasteiger partial charge in [0.05, 0.1) is 19.1 Å². The highest BCUT2D eigenvalue weighted by Crippen LogP contribution is 2.20. The summed E-state index contributed by atoms with van der Waals surface area (Å²) in [4.78, 5) is 25.5. The topological polar surface area (TPSA) is 88.1 Å². The smallest absolute Gasteiger partial charge is 0.325 e. The Morgan fingerprint density at radius 3 is 2.64 bits per heavy atom. The molecule has 1 aliphatic heterocycles. The van der Waals surface area contributed by atoms with Crippen LogP contribution in [0.4, 0.5) is 4.79 Å². The van der Waals surface area contributed by atoms with Gasteiger partial charge in [-0.1, -0.05) is 42.5 Å². The number of hydrogen-bond donors (Lipinski definition) is 2. The van der Waals surface area contributed by atoms with E-state index >= 15 is 0 Å². The second kappa shape index (κ2) is 9.87. The standard InChI is InChI=1S/C21H24N2O5/c24-9-10-27-15-23-13-18(20(25)22-21(23)26)11-17-7-4-8-19(12-17)28-14-16-5-2-1-3-6-16/h1-8,12,18,24H,9-11,13-15H2,(H,22,25,26). The quantitative estimate of drug-likeness (QED) is 0.645. The van der Waals surface area contributed by atoms with Crippen LogP contribution in [0.5, 0.6) is 5.75 Å². The molecule has 1 saturated heterocycles. The molecule has 3 rings (SSSR count). The highest BCUT2D eigenvalue weighted by molar-refractivity contribution is 5.98. The van der Waals surface area contributed by atoms with Crippen molar-refractivity contribution in [2.45, 2.75) is 13.0 Å². The monoisotopic (exact) mass is 384 g/mol. The van der Waals surface area contributed by atoms with Gasteiger partial charge >= 0.3 is 6.03 Å². The fourth-order valence-corrected chi connectivity index (χ4v) is 3.01. The zero-order valence-electron chi connectivity index (χ0n) is 15.5. The molecule has 7 nitrogen and oxygen atoms in total. The van der Waals surface area contributed by atoms with E-state index in [2.05, 4.69) is 5.32 Å². The Balaban J connectivity index is 1.59. The van der Waals surface area contributed by atoms with E-state index in [1.54, 1.807) is 0 Å². The predicted octanol–water partition coefficient (Wildman–Crippen LogP) is 1.94. The van der Waals surface area contributed by atoms with Crippen molar-refractivity contribution in [2.75, 3.05) is 26.5 Å². The van der Waals surface area contributed by atoms with Crippen molar-refractivity contribution < 1.29 is 24.2 Å². The molecule has 0 aromatic heterocycles. The first-order chi connectivity index (χ1) is 13.7. The second-order valence-corrected chi connectivity index (χ2v) is 6.60. The largest absolute Gasteiger partial charge is 0.489 e. The fraction of sp³-hybridized carbons (Fsp3) is 0.333. The molecule has 2 aromatic carbocycles. The molecule has 0 bridgehead atoms. The summed E-state index contributed by atoms with van der Waals surface area (Å²) in [5.41, 5.74) is 2.04. The first-order valence-electron chi connectivity index (χ1n) is 9.20. The summed E-state index contributed by atoms with van der Waals surface area (Å²) in [6, 6.07) is 17.0. The van der Waals surface area contributed by atoms with Crippen LogP contribution < -0.4 is 10.1 Å². The minimum absolute atomic E-state index is 0.0381. The summed E-state index contributed by atoms with van der Waals surface area (Å²) >= 11 is 0. The third-order valence-corrected chi connectivity index (χ3v) is 4.44. The number of nitrogens with zero attached hydrogens (tertiary/aromatic N) is 1. The van der Waals surface area contributed by atoms with Crippen LogP contribution in [-0.4, -0.2) is 48.4 Å². The maximum absolute atomic E-state index is 12.2. The summed E-state index contributed by atoms with van der Waals surface area (Å²) in [5.74, 6) is 0.0654. The lowest BCUT2D eigenvalue weighted by Crippen LogP contribution is -2.55. The Kier molecular flexibility index (Phi) is 7.00. The van der Waals surface area contributed by atoms with Crippen LogP contribution in [0.3, 0.4) is 0 Å². The number of benzene rings is 2. The van der Waals surface area contributed by atoms with Crippen molar-refractivity contribution in [3.8, 4) is 5.75 Å². The molecular weight excluding hydrogens is 360 g/mol. The summed E-state index contributed by atoms with van der Waals surface area (Å²) in [6.07, 6.45) is 0.484. The van der Waals surface area contributed by atoms with Gasteiger partial charge in [-0.2, -0.15) is 0 Å². The van der Waals surface area contributed by atoms with E-state index in [1.165, 1.54) is 4.90 Å². The van der Waals surface area contributed by atoms with Crippen molar-refractivity contribution >= 4 is 11.9 Å². The lowest BCUT2D eigenvalue weighted by Gasteiger charge is -2.31. The first kappa shape index (κ1) is 19.9. The zero-order chi connectivity index (χ0) is 19.8. The number of amides is 3. The third kappa shape index (κ3) is 5.55. The summed E-state index contributed by atoms with van der Waals surface area (Å²) in [7, 11) is 0. The molecule has 3 amide bonds. The van der Waals surface area contributed by atoms with E-state index in [-0.39, 0.29) is 38.3 Å². The summed E-state index contributed by atoms with van der Waals surface area (Å²) in [5, 5.41) is 11.1. The minimum atomic E-state index is -0.473. The van der Waals surface area contributed by atoms with Gasteiger partial charge in [0, 0.05) is 6.54 Å². The number of urea groups is 1. The Bertz CT molecular complexity index is 796. The Labute approximate surface area is 163 Å². The van der Waals surface area contributed by atoms with Crippen molar-refractivity contribution in [3.63, 3.8) is 0 Å². The van der Waals surface area contributed by atoms with Gasteiger partial charge in [-0.3, -0.25) is 10.1 Å². The predicted molar refractivity (Wildman–Crippen MR) is 103 cm³/mol. The molecule has 1 unspecified atom stereocenters. The molecule has 2 N–H and O–H groups in total. The fourth-order valence-electron chi connectivity index (χ4n) is 3.01. The van der Waals surface area contributed by atoms with E-state index in [0.717, 1.165) is 16.9 Å². The highest BCUT2D eigenvalue weighted by Gasteiger charge is 2.32. The van der Waals surface area contributed by atoms with Gasteiger partial charge in [0.25, 0.3) is 0 Å². The van der Waals surface area contributed by atoms with Crippen LogP contribution in [0, 0.1) is 5.92 Å². The van der Waals surface area contributed by atoms with E-state index in [0.29, 0.717) is 13.0 Å². The van der Waals surface area contributed by atoms with Crippen molar-refractivity contribution in [1.29, 1.82) is 0 Å². The highest BCUT2D eigenvalue weighted by atomic mass is 16.5. The number of aliphatic hydroxyl groups is 1. The van der Waals surface area contributed by atoms with Gasteiger partial charge < -0.3 is 19.5 Å². The maximum atomic E-state index is 12.2. The van der Waals surface area contributed by atoms with Crippen LogP contribution in [-0.2, 0) is 22.6 Å². The minimum Gasteiger partial charge on any atom is -0.489 e. The first-order valence-corrected chi connectivity index (χ1v) is 9.20. The average Bonchev–Trinajstić information content (AvgIpc) is 2.71. The van der Waals surface area contributed by atoms with Crippen LogP contribution in [0.1, 0.15) is 11.1 Å². The van der Waals surface area contributed by atoms with Gasteiger partial charge in [-0.25, -0.2) is 4.79 Å². The van der Waals surface area contributed by atoms with E-state index < -0.39 is 6.03 Å². The second-order valence-electron chi connectivity index (χ2n) is 6.60. The van der Waals surface area contributed by atoms with Gasteiger partial charge in [0.2, 0.25) is 5.91 Å². The Hall–Kier alpha value is -2.90. The molecule has 148 valence electrons. The van der Waals surface area contributed by atoms with Crippen LogP contribution >= 0.6 is 0 Å². The molecule has 28 heavy (non-hydrogen) atoms. The molecule has 1 fully saturated rings. The number of rotatable bonds is 9. The zero-order valence-corrected chi connectivity index (χ0v) is 15.5. The number of ether oxygens (including phenoxy) is 2. The third-order valence-electron chi connectivity index (χ3n) is 4.44. The summed E-state index contributed by atoms with van der Waals surface area (Å²) in [6.45, 7) is 0.803. The average molecular weight is 384 g/mol. The molecule has 0 aliphatic carbocycles. The lowest BCUT2D eigenvalue weighted by molar-refractivity contribution is -0.127. The number of imide groups is 1. The van der Waals surface area contributed by atoms with Crippen LogP contribution in [0.25, 0.3) is 0 Å². The van der Waals surface area contributed by atoms with E-state index in [1.807, 2.05) is 54.6 Å². The molecule has 0 radical (unpaired) electrons. The Morgan fingerprint density at radius 1 is 1.07 bits per heavy atom. The molecule has 2 aromatic rings. The van der Waals surface area contributed by atoms with Gasteiger partial charge in [-0.05, 0) is 29.7 Å².